The quantitative estimate of drug-likeness (QED) is 0.783. The SMILES string of the molecule is Cc1ccc([C@@H](C)NC(=S)Nc2ccc(C)c(C)c2)c(C)c1. The van der Waals surface area contributed by atoms with Crippen LogP contribution >= 0.6 is 12.2 Å². The first kappa shape index (κ1) is 16.5. The standard InChI is InChI=1S/C19H24N2S/c1-12-6-9-18(15(4)10-12)16(5)20-19(22)21-17-8-7-13(2)14(3)11-17/h6-11,16H,1-5H3,(H2,20,21,22)/t16-/m1/s1. The molecule has 0 unspecified atom stereocenters. The van der Waals surface area contributed by atoms with Gasteiger partial charge in [-0.15, -0.1) is 0 Å². The molecule has 0 saturated heterocycles. The van der Waals surface area contributed by atoms with Crippen LogP contribution in [0.3, 0.4) is 0 Å². The summed E-state index contributed by atoms with van der Waals surface area (Å²) in [6.07, 6.45) is 0. The molecule has 0 spiro atoms. The second kappa shape index (κ2) is 6.93. The lowest BCUT2D eigenvalue weighted by Gasteiger charge is -2.19. The first-order valence-corrected chi connectivity index (χ1v) is 7.99. The number of rotatable bonds is 3. The average molecular weight is 312 g/mol. The number of benzene rings is 2. The highest BCUT2D eigenvalue weighted by Gasteiger charge is 2.10. The van der Waals surface area contributed by atoms with Gasteiger partial charge in [-0.25, -0.2) is 0 Å². The predicted molar refractivity (Wildman–Crippen MR) is 99.6 cm³/mol. The van der Waals surface area contributed by atoms with Gasteiger partial charge in [0.05, 0.1) is 6.04 Å². The Bertz CT molecular complexity index is 692. The van der Waals surface area contributed by atoms with Gasteiger partial charge in [0.25, 0.3) is 0 Å². The Hall–Kier alpha value is -1.87. The van der Waals surface area contributed by atoms with Gasteiger partial charge in [-0.3, -0.25) is 0 Å². The normalized spacial score (nSPS) is 11.9. The molecule has 0 saturated carbocycles. The van der Waals surface area contributed by atoms with Crippen LogP contribution in [-0.4, -0.2) is 5.11 Å². The molecule has 2 N–H and O–H groups in total. The summed E-state index contributed by atoms with van der Waals surface area (Å²) in [6.45, 7) is 10.6. The summed E-state index contributed by atoms with van der Waals surface area (Å²) in [5.74, 6) is 0. The van der Waals surface area contributed by atoms with Gasteiger partial charge >= 0.3 is 0 Å². The van der Waals surface area contributed by atoms with Gasteiger partial charge in [-0.1, -0.05) is 29.8 Å². The van der Waals surface area contributed by atoms with Gasteiger partial charge in [0.2, 0.25) is 0 Å². The van der Waals surface area contributed by atoms with E-state index in [0.29, 0.717) is 5.11 Å². The zero-order valence-electron chi connectivity index (χ0n) is 13.9. The van der Waals surface area contributed by atoms with Crippen LogP contribution in [0.25, 0.3) is 0 Å². The van der Waals surface area contributed by atoms with Crippen molar-refractivity contribution in [1.29, 1.82) is 0 Å². The van der Waals surface area contributed by atoms with E-state index in [2.05, 4.69) is 81.7 Å². The third-order valence-corrected chi connectivity index (χ3v) is 4.22. The Morgan fingerprint density at radius 1 is 0.909 bits per heavy atom. The third kappa shape index (κ3) is 4.08. The summed E-state index contributed by atoms with van der Waals surface area (Å²) in [5, 5.41) is 7.27. The lowest BCUT2D eigenvalue weighted by atomic mass is 10.0. The molecule has 1 atom stereocenters. The highest BCUT2D eigenvalue weighted by Crippen LogP contribution is 2.19. The van der Waals surface area contributed by atoms with E-state index in [9.17, 15) is 0 Å². The van der Waals surface area contributed by atoms with Crippen molar-refractivity contribution in [2.24, 2.45) is 0 Å². The minimum atomic E-state index is 0.173. The van der Waals surface area contributed by atoms with Crippen molar-refractivity contribution in [3.05, 3.63) is 64.2 Å². The molecule has 0 fully saturated rings. The molecule has 2 nitrogen and oxygen atoms in total. The second-order valence-corrected chi connectivity index (χ2v) is 6.39. The van der Waals surface area contributed by atoms with E-state index in [0.717, 1.165) is 5.69 Å². The van der Waals surface area contributed by atoms with Crippen LogP contribution < -0.4 is 10.6 Å². The van der Waals surface area contributed by atoms with Crippen LogP contribution in [0, 0.1) is 27.7 Å². The summed E-state index contributed by atoms with van der Waals surface area (Å²) in [4.78, 5) is 0. The zero-order chi connectivity index (χ0) is 16.3. The maximum Gasteiger partial charge on any atom is 0.171 e. The molecular formula is C19H24N2S. The summed E-state index contributed by atoms with van der Waals surface area (Å²) in [5.41, 5.74) is 7.41. The summed E-state index contributed by atoms with van der Waals surface area (Å²) < 4.78 is 0. The van der Waals surface area contributed by atoms with Gasteiger partial charge in [0.15, 0.2) is 5.11 Å². The first-order chi connectivity index (χ1) is 10.4. The Labute approximate surface area is 139 Å². The van der Waals surface area contributed by atoms with Crippen LogP contribution in [0.5, 0.6) is 0 Å². The molecule has 0 radical (unpaired) electrons. The minimum Gasteiger partial charge on any atom is -0.356 e. The monoisotopic (exact) mass is 312 g/mol. The largest absolute Gasteiger partial charge is 0.356 e. The van der Waals surface area contributed by atoms with E-state index < -0.39 is 0 Å². The van der Waals surface area contributed by atoms with Gasteiger partial charge in [-0.2, -0.15) is 0 Å². The number of thiocarbonyl (C=S) groups is 1. The maximum atomic E-state index is 5.44. The molecule has 2 aromatic carbocycles. The predicted octanol–water partition coefficient (Wildman–Crippen LogP) is 4.97. The average Bonchev–Trinajstić information content (AvgIpc) is 2.42. The van der Waals surface area contributed by atoms with Gasteiger partial charge < -0.3 is 10.6 Å². The molecule has 0 heterocycles. The zero-order valence-corrected chi connectivity index (χ0v) is 14.8. The lowest BCUT2D eigenvalue weighted by molar-refractivity contribution is 0.717. The van der Waals surface area contributed by atoms with Crippen molar-refractivity contribution in [1.82, 2.24) is 5.32 Å². The van der Waals surface area contributed by atoms with Crippen LogP contribution in [0.2, 0.25) is 0 Å². The molecule has 116 valence electrons. The molecule has 0 aliphatic heterocycles. The van der Waals surface area contributed by atoms with Crippen LogP contribution in [0.1, 0.15) is 40.8 Å². The van der Waals surface area contributed by atoms with E-state index in [4.69, 9.17) is 12.2 Å². The van der Waals surface area contributed by atoms with E-state index in [-0.39, 0.29) is 6.04 Å². The van der Waals surface area contributed by atoms with Crippen LogP contribution in [-0.2, 0) is 0 Å². The molecule has 2 rings (SSSR count). The molecule has 2 aromatic rings. The van der Waals surface area contributed by atoms with E-state index in [1.165, 1.54) is 27.8 Å². The number of nitrogens with one attached hydrogen (secondary N) is 2. The van der Waals surface area contributed by atoms with Crippen molar-refractivity contribution in [3.8, 4) is 0 Å². The lowest BCUT2D eigenvalue weighted by Crippen LogP contribution is -2.31. The van der Waals surface area contributed by atoms with Crippen LogP contribution in [0.4, 0.5) is 5.69 Å². The number of hydrogen-bond acceptors (Lipinski definition) is 1. The summed E-state index contributed by atoms with van der Waals surface area (Å²) in [7, 11) is 0. The first-order valence-electron chi connectivity index (χ1n) is 7.58. The van der Waals surface area contributed by atoms with E-state index >= 15 is 0 Å². The van der Waals surface area contributed by atoms with Crippen molar-refractivity contribution in [2.45, 2.75) is 40.7 Å². The topological polar surface area (TPSA) is 24.1 Å². The van der Waals surface area contributed by atoms with Crippen molar-refractivity contribution < 1.29 is 0 Å². The fourth-order valence-corrected chi connectivity index (χ4v) is 2.87. The van der Waals surface area contributed by atoms with Crippen molar-refractivity contribution in [2.75, 3.05) is 5.32 Å². The summed E-state index contributed by atoms with van der Waals surface area (Å²) >= 11 is 5.44. The number of hydrogen-bond donors (Lipinski definition) is 2. The molecule has 0 bridgehead atoms. The Morgan fingerprint density at radius 3 is 2.27 bits per heavy atom. The molecule has 0 aliphatic rings. The van der Waals surface area contributed by atoms with E-state index in [1.807, 2.05) is 0 Å². The highest BCUT2D eigenvalue weighted by molar-refractivity contribution is 7.80. The Balaban J connectivity index is 2.03. The van der Waals surface area contributed by atoms with E-state index in [1.54, 1.807) is 0 Å². The van der Waals surface area contributed by atoms with Gasteiger partial charge in [-0.05, 0) is 81.2 Å². The number of aryl methyl sites for hydroxylation is 4. The van der Waals surface area contributed by atoms with Crippen molar-refractivity contribution >= 4 is 23.0 Å². The van der Waals surface area contributed by atoms with Gasteiger partial charge in [0.1, 0.15) is 0 Å². The molecule has 22 heavy (non-hydrogen) atoms. The fourth-order valence-electron chi connectivity index (χ4n) is 2.57. The second-order valence-electron chi connectivity index (χ2n) is 5.98. The smallest absolute Gasteiger partial charge is 0.171 e. The highest BCUT2D eigenvalue weighted by atomic mass is 32.1. The molecule has 0 amide bonds. The maximum absolute atomic E-state index is 5.44. The Morgan fingerprint density at radius 2 is 1.64 bits per heavy atom. The van der Waals surface area contributed by atoms with Gasteiger partial charge in [0, 0.05) is 5.69 Å². The molecule has 0 aromatic heterocycles. The molecule has 0 aliphatic carbocycles. The van der Waals surface area contributed by atoms with Crippen molar-refractivity contribution in [3.63, 3.8) is 0 Å². The molecular weight excluding hydrogens is 288 g/mol. The molecule has 3 heteroatoms. The Kier molecular flexibility index (Phi) is 5.19. The van der Waals surface area contributed by atoms with Crippen LogP contribution in [0.15, 0.2) is 36.4 Å². The third-order valence-electron chi connectivity index (χ3n) is 4.00. The minimum absolute atomic E-state index is 0.173. The fraction of sp³-hybridized carbons (Fsp3) is 0.316. The summed E-state index contributed by atoms with van der Waals surface area (Å²) in [6, 6.07) is 13.0. The number of anilines is 1.